The Morgan fingerprint density at radius 2 is 2.17 bits per heavy atom. The van der Waals surface area contributed by atoms with Crippen LogP contribution in [-0.2, 0) is 14.8 Å². The van der Waals surface area contributed by atoms with Gasteiger partial charge in [-0.1, -0.05) is 0 Å². The van der Waals surface area contributed by atoms with Crippen molar-refractivity contribution >= 4 is 10.6 Å². The maximum Gasteiger partial charge on any atom is 0.0543 e. The Kier molecular flexibility index (Phi) is 2.56. The zero-order valence-electron chi connectivity index (χ0n) is 3.12. The van der Waals surface area contributed by atoms with Crippen LogP contribution in [0.3, 0.4) is 0 Å². The molecule has 0 aliphatic carbocycles. The van der Waals surface area contributed by atoms with Crippen LogP contribution in [0.1, 0.15) is 0 Å². The van der Waals surface area contributed by atoms with Crippen LogP contribution in [0.4, 0.5) is 0 Å². The van der Waals surface area contributed by atoms with Crippen molar-refractivity contribution in [1.29, 1.82) is 0 Å². The average molecular weight is 107 g/mol. The van der Waals surface area contributed by atoms with Gasteiger partial charge in [0.05, 0.1) is 5.29 Å². The summed E-state index contributed by atoms with van der Waals surface area (Å²) in [4.78, 5) is 9.01. The molecule has 0 rings (SSSR count). The monoisotopic (exact) mass is 107 g/mol. The summed E-state index contributed by atoms with van der Waals surface area (Å²) in [6, 6.07) is 0. The Hall–Kier alpha value is -0.450. The number of hydrogen-bond acceptors (Lipinski definition) is 3. The standard InChI is InChI=1S/CH3N2O2S/c1-6(5)3-2-4/h1H3/q-1. The van der Waals surface area contributed by atoms with E-state index in [4.69, 9.17) is 4.91 Å². The Labute approximate surface area is 36.7 Å². The van der Waals surface area contributed by atoms with Gasteiger partial charge in [-0.3, -0.25) is 0 Å². The molecular weight excluding hydrogens is 104 g/mol. The first-order valence-corrected chi connectivity index (χ1v) is 2.66. The van der Waals surface area contributed by atoms with Gasteiger partial charge in [-0.25, -0.2) is 4.47 Å². The number of nitrogens with zero attached hydrogens (tertiary/aromatic N) is 2. The second-order valence-corrected chi connectivity index (χ2v) is 1.60. The van der Waals surface area contributed by atoms with Gasteiger partial charge in [0, 0.05) is 0 Å². The highest BCUT2D eigenvalue weighted by Crippen LogP contribution is 1.65. The minimum atomic E-state index is -1.42. The SMILES string of the molecule is C[S-](=O)=NN=O. The lowest BCUT2D eigenvalue weighted by Crippen LogP contribution is -1.56. The van der Waals surface area contributed by atoms with Crippen molar-refractivity contribution in [3.05, 3.63) is 4.91 Å². The minimum absolute atomic E-state index is 1.27. The summed E-state index contributed by atoms with van der Waals surface area (Å²) in [5.41, 5.74) is 0. The van der Waals surface area contributed by atoms with Crippen LogP contribution in [0.2, 0.25) is 0 Å². The molecule has 0 N–H and O–H groups in total. The van der Waals surface area contributed by atoms with Gasteiger partial charge < -0.3 is 4.21 Å². The van der Waals surface area contributed by atoms with Crippen molar-refractivity contribution < 1.29 is 4.21 Å². The minimum Gasteiger partial charge on any atom is -0.443 e. The molecule has 4 nitrogen and oxygen atoms in total. The van der Waals surface area contributed by atoms with E-state index in [0.717, 1.165) is 0 Å². The first-order chi connectivity index (χ1) is 2.77. The predicted molar refractivity (Wildman–Crippen MR) is 22.2 cm³/mol. The van der Waals surface area contributed by atoms with E-state index >= 15 is 0 Å². The molecular formula is CH3N2O2S-. The highest BCUT2D eigenvalue weighted by Gasteiger charge is 1.44. The summed E-state index contributed by atoms with van der Waals surface area (Å²) in [7, 11) is -1.42. The molecule has 0 fully saturated rings. The maximum absolute atomic E-state index is 9.69. The van der Waals surface area contributed by atoms with Crippen LogP contribution in [0, 0.1) is 4.91 Å². The molecule has 0 aliphatic rings. The molecule has 0 heterocycles. The molecule has 0 saturated carbocycles. The summed E-state index contributed by atoms with van der Waals surface area (Å²) in [5.74, 6) is 0. The second-order valence-electron chi connectivity index (χ2n) is 0.587. The van der Waals surface area contributed by atoms with Gasteiger partial charge in [-0.05, 0) is 0 Å². The summed E-state index contributed by atoms with van der Waals surface area (Å²) in [5, 5.41) is 2.01. The van der Waals surface area contributed by atoms with Crippen LogP contribution < -0.4 is 0 Å². The molecule has 0 aliphatic heterocycles. The molecule has 0 radical (unpaired) electrons. The molecule has 0 bridgehead atoms. The molecule has 5 heteroatoms. The third kappa shape index (κ3) is 3.55. The van der Waals surface area contributed by atoms with Crippen molar-refractivity contribution in [1.82, 2.24) is 0 Å². The second kappa shape index (κ2) is 2.77. The lowest BCUT2D eigenvalue weighted by molar-refractivity contribution is 0.602. The summed E-state index contributed by atoms with van der Waals surface area (Å²) >= 11 is 0. The highest BCUT2D eigenvalue weighted by molar-refractivity contribution is 7.73. The number of hydrogen-bond donors (Lipinski definition) is 0. The molecule has 0 aromatic rings. The van der Waals surface area contributed by atoms with Gasteiger partial charge in [-0.15, -0.1) is 11.2 Å². The van der Waals surface area contributed by atoms with E-state index in [9.17, 15) is 4.21 Å². The summed E-state index contributed by atoms with van der Waals surface area (Å²) in [6.45, 7) is 0. The van der Waals surface area contributed by atoms with Gasteiger partial charge in [0.2, 0.25) is 0 Å². The molecule has 0 unspecified atom stereocenters. The molecule has 0 atom stereocenters. The van der Waals surface area contributed by atoms with Gasteiger partial charge in [0.25, 0.3) is 0 Å². The smallest absolute Gasteiger partial charge is 0.0543 e. The van der Waals surface area contributed by atoms with Crippen LogP contribution >= 0.6 is 0 Å². The van der Waals surface area contributed by atoms with Crippen LogP contribution in [0.15, 0.2) is 9.76 Å². The van der Waals surface area contributed by atoms with E-state index in [-0.39, 0.29) is 0 Å². The molecule has 0 amide bonds. The van der Waals surface area contributed by atoms with Gasteiger partial charge >= 0.3 is 0 Å². The lowest BCUT2D eigenvalue weighted by atomic mass is 12.0. The molecule has 0 aromatic carbocycles. The topological polar surface area (TPSA) is 58.9 Å². The van der Waals surface area contributed by atoms with E-state index in [2.05, 4.69) is 4.47 Å². The van der Waals surface area contributed by atoms with Crippen LogP contribution in [0.25, 0.3) is 0 Å². The fourth-order valence-electron chi connectivity index (χ4n) is 0.0469. The Balaban J connectivity index is 3.75. The number of rotatable bonds is 1. The number of nitroso groups, excluding NO2 is 1. The quantitative estimate of drug-likeness (QED) is 0.277. The zero-order valence-corrected chi connectivity index (χ0v) is 3.94. The summed E-state index contributed by atoms with van der Waals surface area (Å²) < 4.78 is 12.4. The zero-order chi connectivity index (χ0) is 4.99. The largest absolute Gasteiger partial charge is 0.443 e. The van der Waals surface area contributed by atoms with E-state index in [0.29, 0.717) is 0 Å². The molecule has 36 valence electrons. The van der Waals surface area contributed by atoms with E-state index < -0.39 is 10.6 Å². The van der Waals surface area contributed by atoms with E-state index in [1.54, 1.807) is 0 Å². The molecule has 6 heavy (non-hydrogen) atoms. The van der Waals surface area contributed by atoms with Gasteiger partial charge in [-0.2, -0.15) is 10.6 Å². The fourth-order valence-corrected chi connectivity index (χ4v) is 0.141. The molecule has 0 aromatic heterocycles. The van der Waals surface area contributed by atoms with Crippen molar-refractivity contribution in [2.75, 3.05) is 6.26 Å². The normalized spacial score (nSPS) is 14.2. The van der Waals surface area contributed by atoms with Crippen molar-refractivity contribution in [2.45, 2.75) is 0 Å². The van der Waals surface area contributed by atoms with Crippen LogP contribution in [-0.4, -0.2) is 6.26 Å². The van der Waals surface area contributed by atoms with E-state index in [1.807, 2.05) is 5.29 Å². The van der Waals surface area contributed by atoms with Crippen molar-refractivity contribution in [3.63, 3.8) is 0 Å². The van der Waals surface area contributed by atoms with Crippen molar-refractivity contribution in [2.24, 2.45) is 9.76 Å². The molecule has 0 saturated heterocycles. The predicted octanol–water partition coefficient (Wildman–Crippen LogP) is 0.445. The Morgan fingerprint density at radius 3 is 2.17 bits per heavy atom. The van der Waals surface area contributed by atoms with E-state index in [1.165, 1.54) is 6.26 Å². The van der Waals surface area contributed by atoms with Crippen LogP contribution in [0.5, 0.6) is 0 Å². The first-order valence-electron chi connectivity index (χ1n) is 1.14. The lowest BCUT2D eigenvalue weighted by Gasteiger charge is -1.74. The first kappa shape index (κ1) is 5.55. The van der Waals surface area contributed by atoms with Gasteiger partial charge in [0.1, 0.15) is 0 Å². The maximum atomic E-state index is 9.69. The van der Waals surface area contributed by atoms with Crippen molar-refractivity contribution in [3.8, 4) is 0 Å². The van der Waals surface area contributed by atoms with Gasteiger partial charge in [0.15, 0.2) is 0 Å². The Bertz CT molecular complexity index is 113. The third-order valence-electron chi connectivity index (χ3n) is 0.148. The highest BCUT2D eigenvalue weighted by atomic mass is 32.2. The average Bonchev–Trinajstić information content (AvgIpc) is 1.35. The fraction of sp³-hybridized carbons (Fsp3) is 1.00. The molecule has 0 spiro atoms. The third-order valence-corrected chi connectivity index (χ3v) is 0.445. The Morgan fingerprint density at radius 1 is 1.67 bits per heavy atom. The summed E-state index contributed by atoms with van der Waals surface area (Å²) in [6.07, 6.45) is 1.27.